The monoisotopic (exact) mass is 308 g/mol. The van der Waals surface area contributed by atoms with E-state index in [2.05, 4.69) is 0 Å². The Hall–Kier alpha value is -1.40. The lowest BCUT2D eigenvalue weighted by molar-refractivity contribution is 0.0729. The second kappa shape index (κ2) is 5.10. The molecule has 0 spiro atoms. The molecule has 2 bridgehead atoms. The molecule has 6 heteroatoms. The number of sulfonamides is 1. The van der Waals surface area contributed by atoms with Crippen LogP contribution in [0.5, 0.6) is 0 Å². The summed E-state index contributed by atoms with van der Waals surface area (Å²) in [6.45, 7) is 0. The van der Waals surface area contributed by atoms with E-state index in [0.29, 0.717) is 17.6 Å². The smallest absolute Gasteiger partial charge is 0.254 e. The summed E-state index contributed by atoms with van der Waals surface area (Å²) in [5, 5.41) is 0. The summed E-state index contributed by atoms with van der Waals surface area (Å²) in [6.07, 6.45) is 4.30. The second-order valence-electron chi connectivity index (χ2n) is 5.99. The number of fused-ring (bicyclic) bond motifs is 2. The highest BCUT2D eigenvalue weighted by Gasteiger charge is 2.42. The van der Waals surface area contributed by atoms with Crippen molar-refractivity contribution < 1.29 is 13.2 Å². The molecule has 0 saturated carbocycles. The fourth-order valence-corrected chi connectivity index (χ4v) is 4.34. The Balaban J connectivity index is 1.92. The molecule has 2 heterocycles. The van der Waals surface area contributed by atoms with Crippen molar-refractivity contribution in [1.82, 2.24) is 9.21 Å². The number of carbonyl (C=O) groups excluding carboxylic acids is 1. The topological polar surface area (TPSA) is 57.7 Å². The zero-order chi connectivity index (χ0) is 15.2. The lowest BCUT2D eigenvalue weighted by atomic mass is 10.0. The molecule has 0 radical (unpaired) electrons. The summed E-state index contributed by atoms with van der Waals surface area (Å²) >= 11 is 0. The van der Waals surface area contributed by atoms with Gasteiger partial charge in [-0.25, -0.2) is 12.7 Å². The van der Waals surface area contributed by atoms with Crippen molar-refractivity contribution in [3.05, 3.63) is 29.8 Å². The van der Waals surface area contributed by atoms with Crippen LogP contribution in [0.2, 0.25) is 0 Å². The van der Waals surface area contributed by atoms with Crippen LogP contribution >= 0.6 is 0 Å². The molecule has 0 N–H and O–H groups in total. The van der Waals surface area contributed by atoms with Gasteiger partial charge < -0.3 is 4.90 Å². The maximum absolute atomic E-state index is 12.7. The number of carbonyl (C=O) groups is 1. The lowest BCUT2D eigenvalue weighted by Gasteiger charge is -2.22. The van der Waals surface area contributed by atoms with E-state index >= 15 is 0 Å². The highest BCUT2D eigenvalue weighted by Crippen LogP contribution is 2.38. The maximum Gasteiger partial charge on any atom is 0.254 e. The number of amides is 1. The SMILES string of the molecule is CN(C)S(=O)(=O)c1cccc(C(=O)N2C3CCC2CC3)c1. The Bertz CT molecular complexity index is 649. The first-order valence-corrected chi connectivity index (χ1v) is 8.70. The molecule has 1 amide bonds. The first kappa shape index (κ1) is 14.5. The average molecular weight is 308 g/mol. The molecular weight excluding hydrogens is 288 g/mol. The van der Waals surface area contributed by atoms with Gasteiger partial charge in [-0.3, -0.25) is 4.79 Å². The fraction of sp³-hybridized carbons (Fsp3) is 0.533. The van der Waals surface area contributed by atoms with Gasteiger partial charge in [0.2, 0.25) is 10.0 Å². The molecule has 1 aromatic rings. The van der Waals surface area contributed by atoms with E-state index in [1.807, 2.05) is 4.90 Å². The molecule has 2 aliphatic rings. The van der Waals surface area contributed by atoms with Crippen LogP contribution in [0.1, 0.15) is 36.0 Å². The van der Waals surface area contributed by atoms with Crippen molar-refractivity contribution in [3.63, 3.8) is 0 Å². The summed E-state index contributed by atoms with van der Waals surface area (Å²) in [6, 6.07) is 7.06. The van der Waals surface area contributed by atoms with Gasteiger partial charge >= 0.3 is 0 Å². The van der Waals surface area contributed by atoms with Crippen LogP contribution < -0.4 is 0 Å². The first-order chi connectivity index (χ1) is 9.91. The van der Waals surface area contributed by atoms with Crippen molar-refractivity contribution in [3.8, 4) is 0 Å². The second-order valence-corrected chi connectivity index (χ2v) is 8.14. The van der Waals surface area contributed by atoms with Gasteiger partial charge in [0, 0.05) is 31.7 Å². The standard InChI is InChI=1S/C15H20N2O3S/c1-16(2)21(19,20)14-5-3-4-11(10-14)15(18)17-12-6-7-13(17)9-8-12/h3-5,10,12-13H,6-9H2,1-2H3. The zero-order valence-electron chi connectivity index (χ0n) is 12.3. The molecule has 2 fully saturated rings. The van der Waals surface area contributed by atoms with Gasteiger partial charge in [0.05, 0.1) is 4.90 Å². The Labute approximate surface area is 125 Å². The number of rotatable bonds is 3. The van der Waals surface area contributed by atoms with Crippen molar-refractivity contribution in [2.24, 2.45) is 0 Å². The minimum atomic E-state index is -3.51. The fourth-order valence-electron chi connectivity index (χ4n) is 3.39. The van der Waals surface area contributed by atoms with Gasteiger partial charge in [0.25, 0.3) is 5.91 Å². The van der Waals surface area contributed by atoms with Crippen LogP contribution in [0, 0.1) is 0 Å². The Kier molecular flexibility index (Phi) is 3.53. The molecule has 3 rings (SSSR count). The predicted molar refractivity (Wildman–Crippen MR) is 79.5 cm³/mol. The largest absolute Gasteiger partial charge is 0.333 e. The van der Waals surface area contributed by atoms with E-state index in [1.165, 1.54) is 26.2 Å². The third-order valence-electron chi connectivity index (χ3n) is 4.55. The third kappa shape index (κ3) is 2.36. The molecule has 0 unspecified atom stereocenters. The van der Waals surface area contributed by atoms with E-state index in [1.54, 1.807) is 12.1 Å². The lowest BCUT2D eigenvalue weighted by Crippen LogP contribution is -2.35. The Morgan fingerprint density at radius 2 is 1.71 bits per heavy atom. The van der Waals surface area contributed by atoms with Gasteiger partial charge in [-0.05, 0) is 43.9 Å². The highest BCUT2D eigenvalue weighted by atomic mass is 32.2. The van der Waals surface area contributed by atoms with Gasteiger partial charge in [0.1, 0.15) is 0 Å². The van der Waals surface area contributed by atoms with Gasteiger partial charge in [-0.2, -0.15) is 0 Å². The molecule has 2 aliphatic heterocycles. The zero-order valence-corrected chi connectivity index (χ0v) is 13.1. The van der Waals surface area contributed by atoms with Gasteiger partial charge in [-0.1, -0.05) is 6.07 Å². The van der Waals surface area contributed by atoms with Crippen molar-refractivity contribution in [2.45, 2.75) is 42.7 Å². The Morgan fingerprint density at radius 3 is 2.24 bits per heavy atom. The molecule has 0 atom stereocenters. The normalized spacial score (nSPS) is 24.8. The minimum Gasteiger partial charge on any atom is -0.333 e. The summed E-state index contributed by atoms with van der Waals surface area (Å²) in [7, 11) is -0.524. The first-order valence-electron chi connectivity index (χ1n) is 7.26. The molecular formula is C15H20N2O3S. The predicted octanol–water partition coefficient (Wildman–Crippen LogP) is 1.70. The summed E-state index contributed by atoms with van der Waals surface area (Å²) < 4.78 is 25.5. The van der Waals surface area contributed by atoms with Crippen molar-refractivity contribution in [1.29, 1.82) is 0 Å². The van der Waals surface area contributed by atoms with E-state index in [-0.39, 0.29) is 10.8 Å². The van der Waals surface area contributed by atoms with Crippen LogP contribution in [0.4, 0.5) is 0 Å². The van der Waals surface area contributed by atoms with Gasteiger partial charge in [0.15, 0.2) is 0 Å². The molecule has 1 aromatic carbocycles. The minimum absolute atomic E-state index is 0.0317. The number of hydrogen-bond acceptors (Lipinski definition) is 3. The van der Waals surface area contributed by atoms with Crippen LogP contribution in [0.3, 0.4) is 0 Å². The van der Waals surface area contributed by atoms with Crippen LogP contribution in [-0.2, 0) is 10.0 Å². The van der Waals surface area contributed by atoms with Gasteiger partial charge in [-0.15, -0.1) is 0 Å². The van der Waals surface area contributed by atoms with Crippen LogP contribution in [0.15, 0.2) is 29.2 Å². The number of hydrogen-bond donors (Lipinski definition) is 0. The number of nitrogens with zero attached hydrogens (tertiary/aromatic N) is 2. The molecule has 114 valence electrons. The van der Waals surface area contributed by atoms with Crippen LogP contribution in [0.25, 0.3) is 0 Å². The summed E-state index contributed by atoms with van der Waals surface area (Å²) in [4.78, 5) is 14.8. The Morgan fingerprint density at radius 1 is 1.14 bits per heavy atom. The summed E-state index contributed by atoms with van der Waals surface area (Å²) in [5.74, 6) is -0.0317. The van der Waals surface area contributed by atoms with Crippen molar-refractivity contribution >= 4 is 15.9 Å². The molecule has 21 heavy (non-hydrogen) atoms. The molecule has 0 aliphatic carbocycles. The third-order valence-corrected chi connectivity index (χ3v) is 6.36. The van der Waals surface area contributed by atoms with E-state index < -0.39 is 10.0 Å². The van der Waals surface area contributed by atoms with Crippen molar-refractivity contribution in [2.75, 3.05) is 14.1 Å². The highest BCUT2D eigenvalue weighted by molar-refractivity contribution is 7.89. The molecule has 0 aromatic heterocycles. The quantitative estimate of drug-likeness (QED) is 0.854. The molecule has 2 saturated heterocycles. The number of benzene rings is 1. The van der Waals surface area contributed by atoms with E-state index in [9.17, 15) is 13.2 Å². The van der Waals surface area contributed by atoms with Crippen LogP contribution in [-0.4, -0.2) is 49.7 Å². The summed E-state index contributed by atoms with van der Waals surface area (Å²) in [5.41, 5.74) is 0.469. The molecule has 5 nitrogen and oxygen atoms in total. The maximum atomic E-state index is 12.7. The van der Waals surface area contributed by atoms with E-state index in [0.717, 1.165) is 30.0 Å². The average Bonchev–Trinajstić information content (AvgIpc) is 3.06. The van der Waals surface area contributed by atoms with E-state index in [4.69, 9.17) is 0 Å².